The van der Waals surface area contributed by atoms with Gasteiger partial charge in [-0.05, 0) is 66.2 Å². The highest BCUT2D eigenvalue weighted by molar-refractivity contribution is 5.92. The number of rotatable bonds is 8. The maximum atomic E-state index is 12.6. The van der Waals surface area contributed by atoms with Crippen molar-refractivity contribution in [1.82, 2.24) is 15.5 Å². The Kier molecular flexibility index (Phi) is 8.96. The van der Waals surface area contributed by atoms with E-state index in [4.69, 9.17) is 4.74 Å². The number of ether oxygens (including phenoxy) is 1. The van der Waals surface area contributed by atoms with Crippen molar-refractivity contribution in [3.63, 3.8) is 0 Å². The second-order valence-corrected chi connectivity index (χ2v) is 7.66. The van der Waals surface area contributed by atoms with Gasteiger partial charge in [-0.2, -0.15) is 0 Å². The fraction of sp³-hybridized carbons (Fsp3) is 0.571. The molecule has 3 amide bonds. The Morgan fingerprint density at radius 3 is 1.93 bits per heavy atom. The first-order chi connectivity index (χ1) is 13.0. The maximum Gasteiger partial charge on any atom is 0.338 e. The van der Waals surface area contributed by atoms with Gasteiger partial charge in [0.1, 0.15) is 0 Å². The molecule has 156 valence electrons. The number of urea groups is 1. The molecule has 0 saturated carbocycles. The fourth-order valence-electron chi connectivity index (χ4n) is 2.85. The van der Waals surface area contributed by atoms with Crippen LogP contribution >= 0.6 is 0 Å². The van der Waals surface area contributed by atoms with E-state index in [1.807, 2.05) is 41.5 Å². The van der Waals surface area contributed by atoms with Gasteiger partial charge >= 0.3 is 12.0 Å². The Balaban J connectivity index is 2.65. The lowest BCUT2D eigenvalue weighted by Crippen LogP contribution is -2.47. The molecule has 0 bridgehead atoms. The highest BCUT2D eigenvalue weighted by atomic mass is 16.5. The fourth-order valence-corrected chi connectivity index (χ4v) is 2.85. The van der Waals surface area contributed by atoms with Crippen molar-refractivity contribution in [1.29, 1.82) is 0 Å². The minimum atomic E-state index is -0.863. The van der Waals surface area contributed by atoms with Crippen LogP contribution < -0.4 is 10.6 Å². The third-order valence-corrected chi connectivity index (χ3v) is 4.06. The Bertz CT molecular complexity index is 661. The molecule has 1 unspecified atom stereocenters. The molecule has 7 heteroatoms. The second-order valence-electron chi connectivity index (χ2n) is 7.66. The highest BCUT2D eigenvalue weighted by Gasteiger charge is 2.27. The van der Waals surface area contributed by atoms with Gasteiger partial charge in [0.05, 0.1) is 5.56 Å². The summed E-state index contributed by atoms with van der Waals surface area (Å²) in [5, 5.41) is 5.48. The van der Waals surface area contributed by atoms with Crippen LogP contribution in [-0.4, -0.2) is 47.0 Å². The number of carbonyl (C=O) groups is 3. The van der Waals surface area contributed by atoms with Gasteiger partial charge in [-0.3, -0.25) is 4.79 Å². The molecule has 0 fully saturated rings. The third-order valence-electron chi connectivity index (χ3n) is 4.06. The molecule has 0 aliphatic heterocycles. The van der Waals surface area contributed by atoms with Gasteiger partial charge in [-0.15, -0.1) is 0 Å². The van der Waals surface area contributed by atoms with Crippen LogP contribution in [0.3, 0.4) is 0 Å². The zero-order valence-corrected chi connectivity index (χ0v) is 17.9. The normalized spacial score (nSPS) is 12.1. The first kappa shape index (κ1) is 23.5. The van der Waals surface area contributed by atoms with Crippen molar-refractivity contribution < 1.29 is 19.1 Å². The standard InChI is InChI=1S/C21H33N3O4/c1-13(2)23-21(27)22-12-17-8-10-18(11-9-17)20(26)28-16(7)19(25)24(14(3)4)15(5)6/h8-11,13-16H,12H2,1-7H3,(H2,22,23,27). The second kappa shape index (κ2) is 10.7. The van der Waals surface area contributed by atoms with Crippen LogP contribution in [-0.2, 0) is 16.1 Å². The summed E-state index contributed by atoms with van der Waals surface area (Å²) in [5.74, 6) is -0.763. The zero-order valence-electron chi connectivity index (χ0n) is 17.9. The lowest BCUT2D eigenvalue weighted by atomic mass is 10.1. The molecule has 0 aliphatic rings. The number of amides is 3. The molecule has 0 heterocycles. The molecular weight excluding hydrogens is 358 g/mol. The summed E-state index contributed by atoms with van der Waals surface area (Å²) < 4.78 is 5.35. The van der Waals surface area contributed by atoms with E-state index in [0.717, 1.165) is 5.56 Å². The first-order valence-corrected chi connectivity index (χ1v) is 9.69. The average Bonchev–Trinajstić information content (AvgIpc) is 2.59. The van der Waals surface area contributed by atoms with E-state index < -0.39 is 12.1 Å². The number of nitrogens with one attached hydrogen (secondary N) is 2. The van der Waals surface area contributed by atoms with Gasteiger partial charge in [0.15, 0.2) is 6.10 Å². The van der Waals surface area contributed by atoms with Crippen LogP contribution in [0.5, 0.6) is 0 Å². The zero-order chi connectivity index (χ0) is 21.4. The lowest BCUT2D eigenvalue weighted by molar-refractivity contribution is -0.143. The minimum Gasteiger partial charge on any atom is -0.449 e. The van der Waals surface area contributed by atoms with Crippen molar-refractivity contribution in [2.45, 2.75) is 79.2 Å². The molecular formula is C21H33N3O4. The number of hydrogen-bond donors (Lipinski definition) is 2. The van der Waals surface area contributed by atoms with Crippen LogP contribution in [0, 0.1) is 0 Å². The smallest absolute Gasteiger partial charge is 0.338 e. The van der Waals surface area contributed by atoms with Crippen molar-refractivity contribution >= 4 is 17.9 Å². The Morgan fingerprint density at radius 2 is 1.46 bits per heavy atom. The highest BCUT2D eigenvalue weighted by Crippen LogP contribution is 2.12. The van der Waals surface area contributed by atoms with Crippen LogP contribution in [0.4, 0.5) is 4.79 Å². The topological polar surface area (TPSA) is 87.7 Å². The number of nitrogens with zero attached hydrogens (tertiary/aromatic N) is 1. The van der Waals surface area contributed by atoms with Gasteiger partial charge in [0, 0.05) is 24.7 Å². The van der Waals surface area contributed by atoms with Gasteiger partial charge < -0.3 is 20.3 Å². The van der Waals surface area contributed by atoms with Crippen LogP contribution in [0.1, 0.15) is 64.4 Å². The molecule has 1 aromatic rings. The van der Waals surface area contributed by atoms with Crippen LogP contribution in [0.15, 0.2) is 24.3 Å². The van der Waals surface area contributed by atoms with E-state index in [1.54, 1.807) is 36.1 Å². The van der Waals surface area contributed by atoms with E-state index in [1.165, 1.54) is 0 Å². The van der Waals surface area contributed by atoms with Gasteiger partial charge in [0.2, 0.25) is 0 Å². The van der Waals surface area contributed by atoms with E-state index in [9.17, 15) is 14.4 Å². The number of carbonyl (C=O) groups excluding carboxylic acids is 3. The predicted molar refractivity (Wildman–Crippen MR) is 109 cm³/mol. The quantitative estimate of drug-likeness (QED) is 0.667. The van der Waals surface area contributed by atoms with Gasteiger partial charge in [-0.1, -0.05) is 12.1 Å². The summed E-state index contributed by atoms with van der Waals surface area (Å²) in [6.45, 7) is 13.4. The molecule has 2 N–H and O–H groups in total. The number of benzene rings is 1. The van der Waals surface area contributed by atoms with Crippen molar-refractivity contribution in [3.05, 3.63) is 35.4 Å². The van der Waals surface area contributed by atoms with E-state index >= 15 is 0 Å². The Labute approximate surface area is 167 Å². The summed E-state index contributed by atoms with van der Waals surface area (Å²) in [7, 11) is 0. The van der Waals surface area contributed by atoms with Crippen LogP contribution in [0.25, 0.3) is 0 Å². The summed E-state index contributed by atoms with van der Waals surface area (Å²) >= 11 is 0. The van der Waals surface area contributed by atoms with E-state index in [2.05, 4.69) is 10.6 Å². The summed E-state index contributed by atoms with van der Waals surface area (Å²) in [5.41, 5.74) is 1.21. The molecule has 7 nitrogen and oxygen atoms in total. The molecule has 0 aliphatic carbocycles. The van der Waals surface area contributed by atoms with Crippen LogP contribution in [0.2, 0.25) is 0 Å². The monoisotopic (exact) mass is 391 g/mol. The largest absolute Gasteiger partial charge is 0.449 e. The molecule has 0 spiro atoms. The molecule has 0 aromatic heterocycles. The van der Waals surface area contributed by atoms with E-state index in [0.29, 0.717) is 12.1 Å². The first-order valence-electron chi connectivity index (χ1n) is 9.69. The van der Waals surface area contributed by atoms with Gasteiger partial charge in [0.25, 0.3) is 5.91 Å². The number of hydrogen-bond acceptors (Lipinski definition) is 4. The molecule has 0 radical (unpaired) electrons. The third kappa shape index (κ3) is 7.21. The molecule has 0 saturated heterocycles. The SMILES string of the molecule is CC(C)NC(=O)NCc1ccc(C(=O)OC(C)C(=O)N(C(C)C)C(C)C)cc1. The maximum absolute atomic E-state index is 12.6. The Hall–Kier alpha value is -2.57. The molecule has 28 heavy (non-hydrogen) atoms. The summed E-state index contributed by atoms with van der Waals surface area (Å²) in [6.07, 6.45) is -0.863. The van der Waals surface area contributed by atoms with E-state index in [-0.39, 0.29) is 30.1 Å². The molecule has 1 aromatic carbocycles. The molecule has 1 atom stereocenters. The lowest BCUT2D eigenvalue weighted by Gasteiger charge is -2.32. The molecule has 1 rings (SSSR count). The number of esters is 1. The average molecular weight is 392 g/mol. The van der Waals surface area contributed by atoms with Crippen molar-refractivity contribution in [2.24, 2.45) is 0 Å². The summed E-state index contributed by atoms with van der Waals surface area (Å²) in [6, 6.07) is 6.59. The summed E-state index contributed by atoms with van der Waals surface area (Å²) in [4.78, 5) is 38.2. The predicted octanol–water partition coefficient (Wildman–Crippen LogP) is 3.08. The Morgan fingerprint density at radius 1 is 0.929 bits per heavy atom. The van der Waals surface area contributed by atoms with Crippen molar-refractivity contribution in [2.75, 3.05) is 0 Å². The van der Waals surface area contributed by atoms with Crippen molar-refractivity contribution in [3.8, 4) is 0 Å². The van der Waals surface area contributed by atoms with Gasteiger partial charge in [-0.25, -0.2) is 9.59 Å². The minimum absolute atomic E-state index is 0.0216.